The monoisotopic (exact) mass is 223 g/mol. The lowest BCUT2D eigenvalue weighted by atomic mass is 10.3. The third-order valence-electron chi connectivity index (χ3n) is 1.89. The van der Waals surface area contributed by atoms with Gasteiger partial charge in [-0.25, -0.2) is 8.78 Å². The van der Waals surface area contributed by atoms with E-state index in [4.69, 9.17) is 0 Å². The first-order chi connectivity index (χ1) is 7.24. The van der Waals surface area contributed by atoms with Crippen LogP contribution in [0.5, 0.6) is 0 Å². The van der Waals surface area contributed by atoms with E-state index in [1.54, 1.807) is 18.2 Å². The molecule has 0 nitrogen and oxygen atoms in total. The van der Waals surface area contributed by atoms with Gasteiger partial charge >= 0.3 is 0 Å². The van der Waals surface area contributed by atoms with E-state index in [1.165, 1.54) is 24.3 Å². The van der Waals surface area contributed by atoms with E-state index in [2.05, 4.69) is 0 Å². The average molecular weight is 223 g/mol. The summed E-state index contributed by atoms with van der Waals surface area (Å²) in [6.07, 6.45) is 0. The first-order valence-corrected chi connectivity index (χ1v) is 5.36. The molecular weight excluding hydrogens is 214 g/mol. The minimum absolute atomic E-state index is 0.248. The minimum atomic E-state index is -0.256. The molecule has 2 aromatic rings. The van der Waals surface area contributed by atoms with Crippen LogP contribution in [0.1, 0.15) is 0 Å². The van der Waals surface area contributed by atoms with Crippen LogP contribution in [0.25, 0.3) is 0 Å². The second kappa shape index (κ2) is 4.45. The van der Waals surface area contributed by atoms with Crippen molar-refractivity contribution < 1.29 is 8.78 Å². The lowest BCUT2D eigenvalue weighted by molar-refractivity contribution is 0.624. The van der Waals surface area contributed by atoms with Gasteiger partial charge in [0.05, 0.1) is 0 Å². The second-order valence-corrected chi connectivity index (χ2v) is 4.32. The van der Waals surface area contributed by atoms with E-state index < -0.39 is 0 Å². The maximum absolute atomic E-state index is 12.9. The first kappa shape index (κ1) is 10.2. The predicted molar refractivity (Wildman–Crippen MR) is 58.1 cm³/mol. The summed E-state index contributed by atoms with van der Waals surface area (Å²) in [5, 5.41) is 0. The highest BCUT2D eigenvalue weighted by Gasteiger charge is 2.07. The van der Waals surface area contributed by atoms with Crippen LogP contribution in [0.2, 0.25) is 0 Å². The van der Waals surface area contributed by atoms with E-state index in [0.717, 1.165) is 21.6 Å². The molecule has 76 valence electrons. The van der Waals surface area contributed by atoms with Crippen molar-refractivity contribution in [2.75, 3.05) is 0 Å². The fourth-order valence-electron chi connectivity index (χ4n) is 1.21. The Bertz CT molecular complexity index is 451. The Morgan fingerprint density at radius 1 is 0.733 bits per heavy atom. The third-order valence-corrected chi connectivity index (χ3v) is 2.99. The van der Waals surface area contributed by atoms with Gasteiger partial charge in [-0.2, -0.15) is 0 Å². The lowest BCUT2D eigenvalue weighted by Crippen LogP contribution is -1.86. The zero-order chi connectivity index (χ0) is 10.7. The van der Waals surface area contributed by atoms with Gasteiger partial charge in [0.15, 0.2) is 9.79 Å². The van der Waals surface area contributed by atoms with Crippen molar-refractivity contribution in [3.8, 4) is 0 Å². The number of halogens is 2. The van der Waals surface area contributed by atoms with E-state index >= 15 is 0 Å². The van der Waals surface area contributed by atoms with Crippen LogP contribution >= 0.6 is 0 Å². The first-order valence-electron chi connectivity index (χ1n) is 4.47. The van der Waals surface area contributed by atoms with Crippen molar-refractivity contribution >= 4 is 11.8 Å². The van der Waals surface area contributed by atoms with Gasteiger partial charge < -0.3 is 0 Å². The SMILES string of the molecule is Fc1ccc([SH+]c2cccc(F)c2)cc1. The standard InChI is InChI=1S/C12H8F2S/c13-9-4-6-11(7-5-9)15-12-3-1-2-10(14)8-12/h1-8H/p+1. The van der Waals surface area contributed by atoms with Crippen LogP contribution in [0, 0.1) is 11.6 Å². The fourth-order valence-corrected chi connectivity index (χ4v) is 2.16. The molecule has 0 saturated heterocycles. The summed E-state index contributed by atoms with van der Waals surface area (Å²) in [6.45, 7) is 0. The Morgan fingerprint density at radius 2 is 1.47 bits per heavy atom. The highest BCUT2D eigenvalue weighted by molar-refractivity contribution is 7.78. The number of rotatable bonds is 2. The maximum atomic E-state index is 12.9. The Balaban J connectivity index is 2.18. The van der Waals surface area contributed by atoms with E-state index in [1.807, 2.05) is 6.07 Å². The van der Waals surface area contributed by atoms with Gasteiger partial charge in [-0.15, -0.1) is 0 Å². The van der Waals surface area contributed by atoms with Crippen molar-refractivity contribution in [1.29, 1.82) is 0 Å². The Labute approximate surface area is 90.9 Å². The Hall–Kier alpha value is -1.35. The summed E-state index contributed by atoms with van der Waals surface area (Å²) in [5.74, 6) is -0.504. The maximum Gasteiger partial charge on any atom is 0.161 e. The van der Waals surface area contributed by atoms with Crippen molar-refractivity contribution in [2.45, 2.75) is 9.79 Å². The molecular formula is C12H9F2S+. The lowest BCUT2D eigenvalue weighted by Gasteiger charge is -1.93. The number of benzene rings is 2. The van der Waals surface area contributed by atoms with Gasteiger partial charge in [0, 0.05) is 17.8 Å². The van der Waals surface area contributed by atoms with Crippen molar-refractivity contribution in [3.05, 3.63) is 60.2 Å². The molecule has 0 atom stereocenters. The van der Waals surface area contributed by atoms with Crippen LogP contribution < -0.4 is 0 Å². The number of hydrogen-bond donors (Lipinski definition) is 0. The van der Waals surface area contributed by atoms with Gasteiger partial charge in [-0.3, -0.25) is 0 Å². The Morgan fingerprint density at radius 3 is 2.13 bits per heavy atom. The van der Waals surface area contributed by atoms with Crippen molar-refractivity contribution in [3.63, 3.8) is 0 Å². The van der Waals surface area contributed by atoms with Gasteiger partial charge in [0.1, 0.15) is 11.6 Å². The van der Waals surface area contributed by atoms with Crippen LogP contribution in [0.3, 0.4) is 0 Å². The largest absolute Gasteiger partial charge is 0.207 e. The molecule has 0 spiro atoms. The van der Waals surface area contributed by atoms with E-state index in [0.29, 0.717) is 0 Å². The quantitative estimate of drug-likeness (QED) is 0.542. The average Bonchev–Trinajstić information content (AvgIpc) is 2.22. The molecule has 0 bridgehead atoms. The number of thiol groups is 1. The minimum Gasteiger partial charge on any atom is -0.207 e. The molecule has 3 heteroatoms. The highest BCUT2D eigenvalue weighted by Crippen LogP contribution is 2.13. The molecule has 0 aliphatic heterocycles. The fraction of sp³-hybridized carbons (Fsp3) is 0. The summed E-state index contributed by atoms with van der Waals surface area (Å²) in [7, 11) is 0. The normalized spacial score (nSPS) is 10.3. The van der Waals surface area contributed by atoms with Gasteiger partial charge in [-0.05, 0) is 36.4 Å². The molecule has 0 saturated carbocycles. The molecule has 0 aromatic heterocycles. The second-order valence-electron chi connectivity index (χ2n) is 3.07. The molecule has 15 heavy (non-hydrogen) atoms. The summed E-state index contributed by atoms with van der Waals surface area (Å²) in [4.78, 5) is 1.81. The summed E-state index contributed by atoms with van der Waals surface area (Å²) >= 11 is 0.883. The zero-order valence-electron chi connectivity index (χ0n) is 7.82. The van der Waals surface area contributed by atoms with Crippen LogP contribution in [-0.2, 0) is 11.8 Å². The molecule has 0 amide bonds. The highest BCUT2D eigenvalue weighted by atomic mass is 32.2. The van der Waals surface area contributed by atoms with Gasteiger partial charge in [0.25, 0.3) is 0 Å². The van der Waals surface area contributed by atoms with Crippen molar-refractivity contribution in [2.24, 2.45) is 0 Å². The molecule has 0 fully saturated rings. The zero-order valence-corrected chi connectivity index (χ0v) is 8.72. The van der Waals surface area contributed by atoms with Crippen LogP contribution in [-0.4, -0.2) is 0 Å². The molecule has 2 aromatic carbocycles. The Kier molecular flexibility index (Phi) is 3.02. The molecule has 0 aliphatic rings. The van der Waals surface area contributed by atoms with Gasteiger partial charge in [-0.1, -0.05) is 6.07 Å². The molecule has 0 heterocycles. The molecule has 0 radical (unpaired) electrons. The molecule has 2 rings (SSSR count). The summed E-state index contributed by atoms with van der Waals surface area (Å²) in [6, 6.07) is 12.6. The smallest absolute Gasteiger partial charge is 0.161 e. The van der Waals surface area contributed by atoms with Crippen LogP contribution in [0.15, 0.2) is 58.3 Å². The van der Waals surface area contributed by atoms with E-state index in [-0.39, 0.29) is 11.6 Å². The van der Waals surface area contributed by atoms with Gasteiger partial charge in [0.2, 0.25) is 0 Å². The topological polar surface area (TPSA) is 0 Å². The van der Waals surface area contributed by atoms with E-state index in [9.17, 15) is 8.78 Å². The summed E-state index contributed by atoms with van der Waals surface area (Å²) in [5.41, 5.74) is 0. The predicted octanol–water partition coefficient (Wildman–Crippen LogP) is 3.20. The molecule has 0 aliphatic carbocycles. The van der Waals surface area contributed by atoms with Crippen molar-refractivity contribution in [1.82, 2.24) is 0 Å². The third kappa shape index (κ3) is 2.80. The van der Waals surface area contributed by atoms with Crippen LogP contribution in [0.4, 0.5) is 8.78 Å². The molecule has 0 unspecified atom stereocenters. The summed E-state index contributed by atoms with van der Waals surface area (Å²) < 4.78 is 25.5. The molecule has 0 N–H and O–H groups in total. The number of hydrogen-bond acceptors (Lipinski definition) is 0.